The Morgan fingerprint density at radius 2 is 2.19 bits per heavy atom. The fourth-order valence-corrected chi connectivity index (χ4v) is 1.50. The Morgan fingerprint density at radius 3 is 2.75 bits per heavy atom. The van der Waals surface area contributed by atoms with Gasteiger partial charge in [-0.05, 0) is 25.1 Å². The van der Waals surface area contributed by atoms with Crippen LogP contribution in [0.15, 0.2) is 24.4 Å². The molecule has 0 N–H and O–H groups in total. The quantitative estimate of drug-likeness (QED) is 0.775. The van der Waals surface area contributed by atoms with Gasteiger partial charge in [0.2, 0.25) is 0 Å². The first-order valence-corrected chi connectivity index (χ1v) is 5.41. The number of halogens is 3. The van der Waals surface area contributed by atoms with E-state index in [1.165, 1.54) is 16.8 Å². The Kier molecular flexibility index (Phi) is 3.12. The van der Waals surface area contributed by atoms with Crippen LogP contribution in [0, 0.1) is 5.82 Å². The standard InChI is InChI=1S/C10H8Cl2FN3/c1-6(11)9-5-16(15-14-9)10-3-2-7(12)4-8(10)13/h2-6H,1H3. The summed E-state index contributed by atoms with van der Waals surface area (Å²) in [6.07, 6.45) is 1.59. The predicted molar refractivity (Wildman–Crippen MR) is 60.6 cm³/mol. The summed E-state index contributed by atoms with van der Waals surface area (Å²) in [5.41, 5.74) is 0.886. The third-order valence-corrected chi connectivity index (χ3v) is 2.53. The minimum Gasteiger partial charge on any atom is -0.217 e. The van der Waals surface area contributed by atoms with Crippen molar-refractivity contribution in [2.24, 2.45) is 0 Å². The second-order valence-corrected chi connectivity index (χ2v) is 4.39. The van der Waals surface area contributed by atoms with Gasteiger partial charge in [-0.2, -0.15) is 0 Å². The van der Waals surface area contributed by atoms with Crippen molar-refractivity contribution in [1.82, 2.24) is 15.0 Å². The first kappa shape index (κ1) is 11.4. The van der Waals surface area contributed by atoms with Crippen LogP contribution in [0.25, 0.3) is 5.69 Å². The minimum atomic E-state index is -0.453. The second kappa shape index (κ2) is 4.39. The lowest BCUT2D eigenvalue weighted by molar-refractivity contribution is 0.607. The molecule has 2 rings (SSSR count). The van der Waals surface area contributed by atoms with Crippen molar-refractivity contribution < 1.29 is 4.39 Å². The molecule has 1 aromatic heterocycles. The van der Waals surface area contributed by atoms with Gasteiger partial charge in [0.25, 0.3) is 0 Å². The molecule has 3 nitrogen and oxygen atoms in total. The lowest BCUT2D eigenvalue weighted by atomic mass is 10.3. The molecule has 0 aliphatic heterocycles. The minimum absolute atomic E-state index is 0.260. The molecule has 1 heterocycles. The number of rotatable bonds is 2. The van der Waals surface area contributed by atoms with E-state index < -0.39 is 5.82 Å². The lowest BCUT2D eigenvalue weighted by Crippen LogP contribution is -1.98. The van der Waals surface area contributed by atoms with Crippen LogP contribution in [-0.4, -0.2) is 15.0 Å². The molecular formula is C10H8Cl2FN3. The highest BCUT2D eigenvalue weighted by molar-refractivity contribution is 6.30. The molecule has 1 atom stereocenters. The van der Waals surface area contributed by atoms with Gasteiger partial charge in [-0.15, -0.1) is 16.7 Å². The molecule has 0 aliphatic carbocycles. The van der Waals surface area contributed by atoms with E-state index >= 15 is 0 Å². The molecule has 0 bridgehead atoms. The van der Waals surface area contributed by atoms with Crippen molar-refractivity contribution in [3.05, 3.63) is 40.9 Å². The summed E-state index contributed by atoms with van der Waals surface area (Å²) in [6.45, 7) is 1.77. The van der Waals surface area contributed by atoms with Crippen LogP contribution < -0.4 is 0 Å². The molecule has 0 saturated carbocycles. The van der Waals surface area contributed by atoms with Gasteiger partial charge in [-0.25, -0.2) is 9.07 Å². The number of hydrogen-bond acceptors (Lipinski definition) is 2. The normalized spacial score (nSPS) is 12.8. The van der Waals surface area contributed by atoms with E-state index in [1.54, 1.807) is 19.2 Å². The summed E-state index contributed by atoms with van der Waals surface area (Å²) in [4.78, 5) is 0. The molecule has 0 spiro atoms. The van der Waals surface area contributed by atoms with E-state index in [0.29, 0.717) is 16.4 Å². The molecule has 6 heteroatoms. The topological polar surface area (TPSA) is 30.7 Å². The van der Waals surface area contributed by atoms with Crippen LogP contribution in [0.2, 0.25) is 5.02 Å². The van der Waals surface area contributed by atoms with Crippen molar-refractivity contribution in [2.75, 3.05) is 0 Å². The zero-order valence-electron chi connectivity index (χ0n) is 8.36. The predicted octanol–water partition coefficient (Wildman–Crippen LogP) is 3.36. The first-order chi connectivity index (χ1) is 7.58. The van der Waals surface area contributed by atoms with Crippen LogP contribution in [-0.2, 0) is 0 Å². The van der Waals surface area contributed by atoms with Gasteiger partial charge in [0.05, 0.1) is 11.6 Å². The van der Waals surface area contributed by atoms with E-state index in [9.17, 15) is 4.39 Å². The SMILES string of the molecule is CC(Cl)c1cn(-c2ccc(Cl)cc2F)nn1. The third kappa shape index (κ3) is 2.18. The summed E-state index contributed by atoms with van der Waals surface area (Å²) >= 11 is 11.5. The summed E-state index contributed by atoms with van der Waals surface area (Å²) in [7, 11) is 0. The zero-order valence-corrected chi connectivity index (χ0v) is 9.87. The smallest absolute Gasteiger partial charge is 0.150 e. The molecule has 16 heavy (non-hydrogen) atoms. The van der Waals surface area contributed by atoms with Gasteiger partial charge in [0, 0.05) is 5.02 Å². The zero-order chi connectivity index (χ0) is 11.7. The summed E-state index contributed by atoms with van der Waals surface area (Å²) in [5, 5.41) is 7.71. The number of hydrogen-bond donors (Lipinski definition) is 0. The summed E-state index contributed by atoms with van der Waals surface area (Å²) < 4.78 is 14.9. The third-order valence-electron chi connectivity index (χ3n) is 2.08. The van der Waals surface area contributed by atoms with Crippen molar-refractivity contribution >= 4 is 23.2 Å². The fraction of sp³-hybridized carbons (Fsp3) is 0.200. The molecule has 2 aromatic rings. The summed E-state index contributed by atoms with van der Waals surface area (Å²) in [5.74, 6) is -0.453. The maximum absolute atomic E-state index is 13.5. The first-order valence-electron chi connectivity index (χ1n) is 4.59. The van der Waals surface area contributed by atoms with E-state index in [1.807, 2.05) is 0 Å². The van der Waals surface area contributed by atoms with Crippen LogP contribution in [0.1, 0.15) is 18.0 Å². The Hall–Kier alpha value is -1.13. The molecule has 1 aromatic carbocycles. The highest BCUT2D eigenvalue weighted by Crippen LogP contribution is 2.20. The van der Waals surface area contributed by atoms with Gasteiger partial charge < -0.3 is 0 Å². The average molecular weight is 260 g/mol. The highest BCUT2D eigenvalue weighted by Gasteiger charge is 2.10. The molecule has 0 fully saturated rings. The fourth-order valence-electron chi connectivity index (χ4n) is 1.24. The number of nitrogens with zero attached hydrogens (tertiary/aromatic N) is 3. The lowest BCUT2D eigenvalue weighted by Gasteiger charge is -2.01. The Morgan fingerprint density at radius 1 is 1.44 bits per heavy atom. The van der Waals surface area contributed by atoms with Gasteiger partial charge in [-0.1, -0.05) is 16.8 Å². The number of aromatic nitrogens is 3. The van der Waals surface area contributed by atoms with Crippen molar-refractivity contribution in [3.8, 4) is 5.69 Å². The van der Waals surface area contributed by atoms with Crippen LogP contribution in [0.3, 0.4) is 0 Å². The molecular weight excluding hydrogens is 252 g/mol. The maximum atomic E-state index is 13.5. The average Bonchev–Trinajstić information content (AvgIpc) is 2.66. The molecule has 84 valence electrons. The maximum Gasteiger partial charge on any atom is 0.150 e. The molecule has 0 aliphatic rings. The van der Waals surface area contributed by atoms with Crippen molar-refractivity contribution in [3.63, 3.8) is 0 Å². The highest BCUT2D eigenvalue weighted by atomic mass is 35.5. The molecule has 0 saturated heterocycles. The van der Waals surface area contributed by atoms with Crippen LogP contribution in [0.4, 0.5) is 4.39 Å². The van der Waals surface area contributed by atoms with Crippen LogP contribution >= 0.6 is 23.2 Å². The van der Waals surface area contributed by atoms with Gasteiger partial charge >= 0.3 is 0 Å². The Balaban J connectivity index is 2.42. The number of alkyl halides is 1. The molecule has 1 unspecified atom stereocenters. The Bertz CT molecular complexity index is 511. The second-order valence-electron chi connectivity index (χ2n) is 3.30. The van der Waals surface area contributed by atoms with E-state index in [0.717, 1.165) is 0 Å². The molecule has 0 amide bonds. The van der Waals surface area contributed by atoms with Crippen molar-refractivity contribution in [2.45, 2.75) is 12.3 Å². The largest absolute Gasteiger partial charge is 0.217 e. The Labute approximate surface area is 102 Å². The van der Waals surface area contributed by atoms with E-state index in [-0.39, 0.29) is 5.38 Å². The van der Waals surface area contributed by atoms with Gasteiger partial charge in [-0.3, -0.25) is 0 Å². The van der Waals surface area contributed by atoms with Crippen molar-refractivity contribution in [1.29, 1.82) is 0 Å². The van der Waals surface area contributed by atoms with E-state index in [4.69, 9.17) is 23.2 Å². The molecule has 0 radical (unpaired) electrons. The summed E-state index contributed by atoms with van der Waals surface area (Å²) in [6, 6.07) is 4.35. The van der Waals surface area contributed by atoms with Gasteiger partial charge in [0.1, 0.15) is 17.2 Å². The van der Waals surface area contributed by atoms with E-state index in [2.05, 4.69) is 10.3 Å². The van der Waals surface area contributed by atoms with Crippen LogP contribution in [0.5, 0.6) is 0 Å². The number of benzene rings is 1. The monoisotopic (exact) mass is 259 g/mol. The van der Waals surface area contributed by atoms with Gasteiger partial charge in [0.15, 0.2) is 0 Å².